The number of aryl methyl sites for hydroxylation is 2. The molecule has 1 aromatic carbocycles. The fraction of sp³-hybridized carbons (Fsp3) is 0.588. The molecule has 2 rings (SSSR count). The molecule has 1 aromatic rings. The van der Waals surface area contributed by atoms with Gasteiger partial charge >= 0.3 is 0 Å². The van der Waals surface area contributed by atoms with Crippen molar-refractivity contribution in [2.24, 2.45) is 0 Å². The molecule has 3 nitrogen and oxygen atoms in total. The summed E-state index contributed by atoms with van der Waals surface area (Å²) >= 11 is 0. The van der Waals surface area contributed by atoms with Crippen molar-refractivity contribution < 1.29 is 4.79 Å². The van der Waals surface area contributed by atoms with Crippen LogP contribution in [0.5, 0.6) is 0 Å². The van der Waals surface area contributed by atoms with Crippen LogP contribution in [-0.4, -0.2) is 29.4 Å². The lowest BCUT2D eigenvalue weighted by molar-refractivity contribution is -0.118. The topological polar surface area (TPSA) is 32.3 Å². The van der Waals surface area contributed by atoms with E-state index in [1.807, 2.05) is 19.9 Å². The standard InChI is InChI=1S/C17H26N2O/c1-12-8-9-13(2)16(10-12)18-17(20)11-19-14(3)6-5-7-15(19)4/h8-10,14-15H,5-7,11H2,1-4H3,(H,18,20). The van der Waals surface area contributed by atoms with Crippen LogP contribution in [-0.2, 0) is 4.79 Å². The van der Waals surface area contributed by atoms with Gasteiger partial charge in [-0.2, -0.15) is 0 Å². The van der Waals surface area contributed by atoms with E-state index in [9.17, 15) is 4.79 Å². The monoisotopic (exact) mass is 274 g/mol. The molecule has 0 radical (unpaired) electrons. The second-order valence-corrected chi connectivity index (χ2v) is 6.17. The first-order valence-electron chi connectivity index (χ1n) is 7.60. The molecule has 0 aromatic heterocycles. The lowest BCUT2D eigenvalue weighted by Gasteiger charge is -2.38. The normalized spacial score (nSPS) is 23.6. The fourth-order valence-electron chi connectivity index (χ4n) is 3.01. The summed E-state index contributed by atoms with van der Waals surface area (Å²) < 4.78 is 0. The number of benzene rings is 1. The first-order chi connectivity index (χ1) is 9.47. The number of nitrogens with one attached hydrogen (secondary N) is 1. The molecule has 20 heavy (non-hydrogen) atoms. The van der Waals surface area contributed by atoms with E-state index in [-0.39, 0.29) is 5.91 Å². The van der Waals surface area contributed by atoms with Gasteiger partial charge < -0.3 is 5.32 Å². The molecular formula is C17H26N2O. The van der Waals surface area contributed by atoms with E-state index in [1.165, 1.54) is 24.8 Å². The molecule has 0 spiro atoms. The van der Waals surface area contributed by atoms with Crippen molar-refractivity contribution in [3.8, 4) is 0 Å². The predicted octanol–water partition coefficient (Wildman–Crippen LogP) is 3.50. The molecule has 0 bridgehead atoms. The van der Waals surface area contributed by atoms with Crippen LogP contribution in [0.1, 0.15) is 44.2 Å². The minimum Gasteiger partial charge on any atom is -0.325 e. The second-order valence-electron chi connectivity index (χ2n) is 6.17. The Kier molecular flexibility index (Phi) is 4.81. The Bertz CT molecular complexity index is 474. The highest BCUT2D eigenvalue weighted by atomic mass is 16.2. The largest absolute Gasteiger partial charge is 0.325 e. The van der Waals surface area contributed by atoms with Gasteiger partial charge in [0.1, 0.15) is 0 Å². The third kappa shape index (κ3) is 3.60. The molecule has 1 fully saturated rings. The van der Waals surface area contributed by atoms with Gasteiger partial charge in [0, 0.05) is 17.8 Å². The molecule has 0 aliphatic carbocycles. The van der Waals surface area contributed by atoms with Crippen LogP contribution in [0.15, 0.2) is 18.2 Å². The van der Waals surface area contributed by atoms with E-state index in [1.54, 1.807) is 0 Å². The summed E-state index contributed by atoms with van der Waals surface area (Å²) in [6.45, 7) is 9.02. The van der Waals surface area contributed by atoms with Crippen molar-refractivity contribution in [1.29, 1.82) is 0 Å². The molecule has 1 aliphatic rings. The Morgan fingerprint density at radius 1 is 1.25 bits per heavy atom. The van der Waals surface area contributed by atoms with Gasteiger partial charge in [0.05, 0.1) is 6.54 Å². The lowest BCUT2D eigenvalue weighted by atomic mass is 9.97. The van der Waals surface area contributed by atoms with E-state index >= 15 is 0 Å². The molecule has 1 aliphatic heterocycles. The Hall–Kier alpha value is -1.35. The maximum absolute atomic E-state index is 12.3. The Morgan fingerprint density at radius 3 is 2.55 bits per heavy atom. The van der Waals surface area contributed by atoms with Crippen LogP contribution in [0.2, 0.25) is 0 Å². The number of piperidine rings is 1. The molecule has 1 saturated heterocycles. The molecule has 1 heterocycles. The molecule has 2 atom stereocenters. The van der Waals surface area contributed by atoms with Gasteiger partial charge in [-0.25, -0.2) is 0 Å². The molecule has 0 saturated carbocycles. The molecule has 3 heteroatoms. The zero-order valence-corrected chi connectivity index (χ0v) is 13.1. The SMILES string of the molecule is Cc1ccc(C)c(NC(=O)CN2C(C)CCCC2C)c1. The number of carbonyl (C=O) groups is 1. The van der Waals surface area contributed by atoms with Gasteiger partial charge in [-0.3, -0.25) is 9.69 Å². The van der Waals surface area contributed by atoms with Crippen LogP contribution >= 0.6 is 0 Å². The zero-order valence-electron chi connectivity index (χ0n) is 13.1. The van der Waals surface area contributed by atoms with Crippen molar-refractivity contribution in [2.45, 2.75) is 59.0 Å². The predicted molar refractivity (Wildman–Crippen MR) is 84.0 cm³/mol. The number of anilines is 1. The van der Waals surface area contributed by atoms with Crippen molar-refractivity contribution in [3.05, 3.63) is 29.3 Å². The summed E-state index contributed by atoms with van der Waals surface area (Å²) in [4.78, 5) is 14.6. The minimum absolute atomic E-state index is 0.0966. The number of amides is 1. The smallest absolute Gasteiger partial charge is 0.238 e. The van der Waals surface area contributed by atoms with Crippen molar-refractivity contribution >= 4 is 11.6 Å². The first-order valence-corrected chi connectivity index (χ1v) is 7.60. The van der Waals surface area contributed by atoms with Gasteiger partial charge in [-0.1, -0.05) is 18.6 Å². The van der Waals surface area contributed by atoms with E-state index < -0.39 is 0 Å². The second kappa shape index (κ2) is 6.40. The van der Waals surface area contributed by atoms with Crippen molar-refractivity contribution in [1.82, 2.24) is 4.90 Å². The van der Waals surface area contributed by atoms with Crippen LogP contribution < -0.4 is 5.32 Å². The summed E-state index contributed by atoms with van der Waals surface area (Å²) in [7, 11) is 0. The van der Waals surface area contributed by atoms with Gasteiger partial charge in [0.25, 0.3) is 0 Å². The number of hydrogen-bond donors (Lipinski definition) is 1. The van der Waals surface area contributed by atoms with Crippen LogP contribution in [0.3, 0.4) is 0 Å². The average Bonchev–Trinajstić information content (AvgIpc) is 2.38. The van der Waals surface area contributed by atoms with Gasteiger partial charge in [-0.05, 0) is 57.7 Å². The maximum atomic E-state index is 12.3. The average molecular weight is 274 g/mol. The van der Waals surface area contributed by atoms with Crippen molar-refractivity contribution in [3.63, 3.8) is 0 Å². The molecule has 2 unspecified atom stereocenters. The fourth-order valence-corrected chi connectivity index (χ4v) is 3.01. The third-order valence-corrected chi connectivity index (χ3v) is 4.37. The zero-order chi connectivity index (χ0) is 14.7. The summed E-state index contributed by atoms with van der Waals surface area (Å²) in [5.74, 6) is 0.0966. The summed E-state index contributed by atoms with van der Waals surface area (Å²) in [5, 5.41) is 3.06. The third-order valence-electron chi connectivity index (χ3n) is 4.37. The molecule has 1 N–H and O–H groups in total. The summed E-state index contributed by atoms with van der Waals surface area (Å²) in [6.07, 6.45) is 3.67. The molecular weight excluding hydrogens is 248 g/mol. The summed E-state index contributed by atoms with van der Waals surface area (Å²) in [6, 6.07) is 7.17. The number of nitrogens with zero attached hydrogens (tertiary/aromatic N) is 1. The van der Waals surface area contributed by atoms with Gasteiger partial charge in [-0.15, -0.1) is 0 Å². The highest BCUT2D eigenvalue weighted by Crippen LogP contribution is 2.22. The Morgan fingerprint density at radius 2 is 1.90 bits per heavy atom. The lowest BCUT2D eigenvalue weighted by Crippen LogP contribution is -2.47. The van der Waals surface area contributed by atoms with E-state index in [0.29, 0.717) is 18.6 Å². The number of rotatable bonds is 3. The first kappa shape index (κ1) is 15.0. The maximum Gasteiger partial charge on any atom is 0.238 e. The van der Waals surface area contributed by atoms with Crippen molar-refractivity contribution in [2.75, 3.05) is 11.9 Å². The highest BCUT2D eigenvalue weighted by molar-refractivity contribution is 5.93. The van der Waals surface area contributed by atoms with E-state index in [4.69, 9.17) is 0 Å². The van der Waals surface area contributed by atoms with E-state index in [0.717, 1.165) is 11.3 Å². The Balaban J connectivity index is 1.99. The number of carbonyl (C=O) groups excluding carboxylic acids is 1. The summed E-state index contributed by atoms with van der Waals surface area (Å²) in [5.41, 5.74) is 3.22. The highest BCUT2D eigenvalue weighted by Gasteiger charge is 2.26. The van der Waals surface area contributed by atoms with Crippen LogP contribution in [0, 0.1) is 13.8 Å². The number of likely N-dealkylation sites (tertiary alicyclic amines) is 1. The minimum atomic E-state index is 0.0966. The molecule has 110 valence electrons. The molecule has 1 amide bonds. The Labute approximate surface area is 122 Å². The van der Waals surface area contributed by atoms with Gasteiger partial charge in [0.15, 0.2) is 0 Å². The van der Waals surface area contributed by atoms with E-state index in [2.05, 4.69) is 36.2 Å². The van der Waals surface area contributed by atoms with Crippen LogP contribution in [0.4, 0.5) is 5.69 Å². The van der Waals surface area contributed by atoms with Gasteiger partial charge in [0.2, 0.25) is 5.91 Å². The van der Waals surface area contributed by atoms with Crippen LogP contribution in [0.25, 0.3) is 0 Å². The quantitative estimate of drug-likeness (QED) is 0.915. The number of hydrogen-bond acceptors (Lipinski definition) is 2.